The quantitative estimate of drug-likeness (QED) is 0.511. The Morgan fingerprint density at radius 1 is 1.04 bits per heavy atom. The zero-order valence-corrected chi connectivity index (χ0v) is 17.6. The molecule has 140 valence electrons. The van der Waals surface area contributed by atoms with Gasteiger partial charge in [-0.15, -0.1) is 0 Å². The van der Waals surface area contributed by atoms with Crippen LogP contribution in [-0.2, 0) is 6.54 Å². The molecule has 7 heteroatoms. The zero-order valence-electron chi connectivity index (χ0n) is 15.3. The Kier molecular flexibility index (Phi) is 6.05. The second-order valence-corrected chi connectivity index (χ2v) is 7.62. The Morgan fingerprint density at radius 2 is 1.81 bits per heavy atom. The average molecular weight is 419 g/mol. The van der Waals surface area contributed by atoms with Gasteiger partial charge in [0.15, 0.2) is 5.11 Å². The third kappa shape index (κ3) is 4.80. The number of anilines is 2. The summed E-state index contributed by atoms with van der Waals surface area (Å²) in [6.07, 6.45) is 0. The van der Waals surface area contributed by atoms with Crippen LogP contribution in [0, 0.1) is 20.8 Å². The van der Waals surface area contributed by atoms with Gasteiger partial charge < -0.3 is 10.6 Å². The normalized spacial score (nSPS) is 10.7. The van der Waals surface area contributed by atoms with E-state index in [1.807, 2.05) is 24.6 Å². The summed E-state index contributed by atoms with van der Waals surface area (Å²) in [4.78, 5) is 0. The predicted molar refractivity (Wildman–Crippen MR) is 118 cm³/mol. The molecule has 0 radical (unpaired) electrons. The lowest BCUT2D eigenvalue weighted by Crippen LogP contribution is -2.20. The Hall–Kier alpha value is -2.08. The molecule has 2 N–H and O–H groups in total. The number of nitrogens with one attached hydrogen (secondary N) is 2. The first kappa shape index (κ1) is 19.7. The van der Waals surface area contributed by atoms with Crippen LogP contribution in [0.1, 0.15) is 22.5 Å². The van der Waals surface area contributed by atoms with Crippen molar-refractivity contribution >= 4 is 51.9 Å². The van der Waals surface area contributed by atoms with Gasteiger partial charge in [-0.05, 0) is 56.8 Å². The third-order valence-corrected chi connectivity index (χ3v) is 5.16. The molecule has 0 saturated carbocycles. The van der Waals surface area contributed by atoms with E-state index in [1.165, 1.54) is 11.1 Å². The van der Waals surface area contributed by atoms with Crippen molar-refractivity contribution in [3.63, 3.8) is 0 Å². The molecule has 3 aromatic rings. The predicted octanol–water partition coefficient (Wildman–Crippen LogP) is 5.97. The third-order valence-electron chi connectivity index (χ3n) is 4.21. The van der Waals surface area contributed by atoms with Crippen molar-refractivity contribution in [3.05, 3.63) is 75.0 Å². The van der Waals surface area contributed by atoms with E-state index in [0.717, 1.165) is 22.8 Å². The first-order valence-electron chi connectivity index (χ1n) is 8.46. The van der Waals surface area contributed by atoms with E-state index in [1.54, 1.807) is 12.1 Å². The standard InChI is InChI=1S/C20H20Cl2N4S/c1-12-5-4-6-15(9-12)11-26-14(3)19(13(2)25-26)24-20(27)23-16-7-8-17(21)18(22)10-16/h4-10H,11H2,1-3H3,(H2,23,24,27). The lowest BCUT2D eigenvalue weighted by Gasteiger charge is -2.12. The summed E-state index contributed by atoms with van der Waals surface area (Å²) in [6, 6.07) is 13.7. The van der Waals surface area contributed by atoms with Crippen molar-refractivity contribution in [1.29, 1.82) is 0 Å². The maximum atomic E-state index is 6.05. The van der Waals surface area contributed by atoms with Gasteiger partial charge in [-0.25, -0.2) is 0 Å². The lowest BCUT2D eigenvalue weighted by atomic mass is 10.1. The van der Waals surface area contributed by atoms with E-state index < -0.39 is 0 Å². The molecular formula is C20H20Cl2N4S. The van der Waals surface area contributed by atoms with Gasteiger partial charge in [-0.2, -0.15) is 5.10 Å². The Morgan fingerprint density at radius 3 is 2.52 bits per heavy atom. The van der Waals surface area contributed by atoms with Gasteiger partial charge in [0, 0.05) is 5.69 Å². The van der Waals surface area contributed by atoms with Crippen molar-refractivity contribution in [2.75, 3.05) is 10.6 Å². The monoisotopic (exact) mass is 418 g/mol. The van der Waals surface area contributed by atoms with Crippen molar-refractivity contribution in [2.45, 2.75) is 27.3 Å². The number of rotatable bonds is 4. The van der Waals surface area contributed by atoms with Crippen molar-refractivity contribution in [2.24, 2.45) is 0 Å². The van der Waals surface area contributed by atoms with E-state index >= 15 is 0 Å². The highest BCUT2D eigenvalue weighted by molar-refractivity contribution is 7.80. The first-order chi connectivity index (χ1) is 12.8. The molecule has 1 heterocycles. The van der Waals surface area contributed by atoms with Gasteiger partial charge in [0.2, 0.25) is 0 Å². The van der Waals surface area contributed by atoms with Crippen LogP contribution in [0.3, 0.4) is 0 Å². The fourth-order valence-corrected chi connectivity index (χ4v) is 3.38. The van der Waals surface area contributed by atoms with Crippen LogP contribution in [0.15, 0.2) is 42.5 Å². The van der Waals surface area contributed by atoms with E-state index in [0.29, 0.717) is 21.7 Å². The second kappa shape index (κ2) is 8.30. The van der Waals surface area contributed by atoms with E-state index in [9.17, 15) is 0 Å². The fourth-order valence-electron chi connectivity index (χ4n) is 2.86. The summed E-state index contributed by atoms with van der Waals surface area (Å²) in [6.45, 7) is 6.79. The van der Waals surface area contributed by atoms with Crippen molar-refractivity contribution in [1.82, 2.24) is 9.78 Å². The van der Waals surface area contributed by atoms with Crippen LogP contribution in [-0.4, -0.2) is 14.9 Å². The minimum atomic E-state index is 0.467. The van der Waals surface area contributed by atoms with Gasteiger partial charge in [0.25, 0.3) is 0 Å². The van der Waals surface area contributed by atoms with Crippen LogP contribution in [0.2, 0.25) is 10.0 Å². The molecule has 1 aromatic heterocycles. The summed E-state index contributed by atoms with van der Waals surface area (Å²) in [5.41, 5.74) is 6.03. The summed E-state index contributed by atoms with van der Waals surface area (Å²) in [5.74, 6) is 0. The van der Waals surface area contributed by atoms with E-state index in [2.05, 4.69) is 46.9 Å². The van der Waals surface area contributed by atoms with Gasteiger partial charge in [-0.1, -0.05) is 53.0 Å². The Balaban J connectivity index is 1.74. The number of aromatic nitrogens is 2. The second-order valence-electron chi connectivity index (χ2n) is 6.40. The molecule has 0 unspecified atom stereocenters. The lowest BCUT2D eigenvalue weighted by molar-refractivity contribution is 0.659. The summed E-state index contributed by atoms with van der Waals surface area (Å²) < 4.78 is 1.98. The molecule has 0 atom stereocenters. The molecule has 0 fully saturated rings. The molecule has 2 aromatic carbocycles. The van der Waals surface area contributed by atoms with E-state index in [-0.39, 0.29) is 0 Å². The van der Waals surface area contributed by atoms with Crippen LogP contribution in [0.25, 0.3) is 0 Å². The molecule has 0 aliphatic heterocycles. The summed E-state index contributed by atoms with van der Waals surface area (Å²) in [7, 11) is 0. The van der Waals surface area contributed by atoms with Crippen LogP contribution in [0.4, 0.5) is 11.4 Å². The van der Waals surface area contributed by atoms with Crippen molar-refractivity contribution < 1.29 is 0 Å². The zero-order chi connectivity index (χ0) is 19.6. The SMILES string of the molecule is Cc1cccc(Cn2nc(C)c(NC(=S)Nc3ccc(Cl)c(Cl)c3)c2C)c1. The number of hydrogen-bond acceptors (Lipinski definition) is 2. The minimum absolute atomic E-state index is 0.467. The number of nitrogens with zero attached hydrogens (tertiary/aromatic N) is 2. The number of halogens is 2. The Labute approximate surface area is 174 Å². The highest BCUT2D eigenvalue weighted by atomic mass is 35.5. The molecule has 0 saturated heterocycles. The number of thiocarbonyl (C=S) groups is 1. The molecule has 0 amide bonds. The molecule has 3 rings (SSSR count). The molecule has 27 heavy (non-hydrogen) atoms. The molecule has 0 bridgehead atoms. The van der Waals surface area contributed by atoms with Gasteiger partial charge in [0.05, 0.1) is 33.7 Å². The molecule has 0 aliphatic carbocycles. The minimum Gasteiger partial charge on any atom is -0.332 e. The van der Waals surface area contributed by atoms with E-state index in [4.69, 9.17) is 35.4 Å². The maximum Gasteiger partial charge on any atom is 0.175 e. The van der Waals surface area contributed by atoms with Crippen LogP contribution >= 0.6 is 35.4 Å². The first-order valence-corrected chi connectivity index (χ1v) is 9.62. The van der Waals surface area contributed by atoms with Crippen LogP contribution in [0.5, 0.6) is 0 Å². The highest BCUT2D eigenvalue weighted by Crippen LogP contribution is 2.26. The number of hydrogen-bond donors (Lipinski definition) is 2. The van der Waals surface area contributed by atoms with Crippen molar-refractivity contribution in [3.8, 4) is 0 Å². The summed E-state index contributed by atoms with van der Waals surface area (Å²) in [5, 5.41) is 12.5. The van der Waals surface area contributed by atoms with Gasteiger partial charge >= 0.3 is 0 Å². The maximum absolute atomic E-state index is 6.05. The topological polar surface area (TPSA) is 41.9 Å². The van der Waals surface area contributed by atoms with Gasteiger partial charge in [-0.3, -0.25) is 4.68 Å². The number of aryl methyl sites for hydroxylation is 2. The van der Waals surface area contributed by atoms with Gasteiger partial charge in [0.1, 0.15) is 0 Å². The smallest absolute Gasteiger partial charge is 0.175 e. The molecular weight excluding hydrogens is 399 g/mol. The average Bonchev–Trinajstić information content (AvgIpc) is 2.86. The molecule has 4 nitrogen and oxygen atoms in total. The summed E-state index contributed by atoms with van der Waals surface area (Å²) >= 11 is 17.4. The fraction of sp³-hybridized carbons (Fsp3) is 0.200. The highest BCUT2D eigenvalue weighted by Gasteiger charge is 2.13. The molecule has 0 spiro atoms. The largest absolute Gasteiger partial charge is 0.332 e. The molecule has 0 aliphatic rings. The van der Waals surface area contributed by atoms with Crippen LogP contribution < -0.4 is 10.6 Å². The number of benzene rings is 2. The Bertz CT molecular complexity index is 998.